The molecule has 0 radical (unpaired) electrons. The van der Waals surface area contributed by atoms with Gasteiger partial charge in [0.1, 0.15) is 13.0 Å². The molecule has 0 aromatic rings. The minimum absolute atomic E-state index is 0.0284. The zero-order valence-electron chi connectivity index (χ0n) is 7.86. The summed E-state index contributed by atoms with van der Waals surface area (Å²) in [5.41, 5.74) is 0. The monoisotopic (exact) mass is 197 g/mol. The average Bonchev–Trinajstić information content (AvgIpc) is 2.13. The molecular formula is C9H11NO4. The summed E-state index contributed by atoms with van der Waals surface area (Å²) in [7, 11) is 0. The molecule has 0 aromatic heterocycles. The van der Waals surface area contributed by atoms with Crippen LogP contribution in [0.25, 0.3) is 0 Å². The predicted octanol–water partition coefficient (Wildman–Crippen LogP) is 0.563. The maximum Gasteiger partial charge on any atom is 0.330 e. The fraction of sp³-hybridized carbons (Fsp3) is 0.444. The van der Waals surface area contributed by atoms with Gasteiger partial charge in [0.15, 0.2) is 0 Å². The lowest BCUT2D eigenvalue weighted by Gasteiger charge is -1.97. The molecule has 0 aliphatic rings. The van der Waals surface area contributed by atoms with Gasteiger partial charge >= 0.3 is 11.9 Å². The first-order valence-corrected chi connectivity index (χ1v) is 4.06. The molecule has 0 saturated heterocycles. The zero-order chi connectivity index (χ0) is 10.8. The lowest BCUT2D eigenvalue weighted by Crippen LogP contribution is -2.04. The molecule has 0 rings (SSSR count). The molecule has 0 atom stereocenters. The number of rotatable bonds is 5. The Hall–Kier alpha value is -1.83. The smallest absolute Gasteiger partial charge is 0.330 e. The topological polar surface area (TPSA) is 76.4 Å². The third-order valence-electron chi connectivity index (χ3n) is 1.10. The van der Waals surface area contributed by atoms with Crippen LogP contribution in [0.5, 0.6) is 0 Å². The number of hydrogen-bond donors (Lipinski definition) is 0. The summed E-state index contributed by atoms with van der Waals surface area (Å²) in [6.07, 6.45) is 2.24. The van der Waals surface area contributed by atoms with Gasteiger partial charge in [-0.15, -0.1) is 0 Å². The van der Waals surface area contributed by atoms with E-state index in [-0.39, 0.29) is 13.0 Å². The summed E-state index contributed by atoms with van der Waals surface area (Å²) in [6.45, 7) is 1.97. The standard InChI is InChI=1S/C9H11NO4/c1-2-13-8(11)4-3-7-14-9(12)5-6-10/h3-4H,2,5,7H2,1H3. The zero-order valence-corrected chi connectivity index (χ0v) is 7.86. The quantitative estimate of drug-likeness (QED) is 0.475. The van der Waals surface area contributed by atoms with E-state index in [1.807, 2.05) is 0 Å². The minimum atomic E-state index is -0.610. The Morgan fingerprint density at radius 1 is 1.43 bits per heavy atom. The number of nitrogens with zero attached hydrogens (tertiary/aromatic N) is 1. The van der Waals surface area contributed by atoms with Gasteiger partial charge in [-0.2, -0.15) is 5.26 Å². The Morgan fingerprint density at radius 2 is 2.14 bits per heavy atom. The van der Waals surface area contributed by atoms with Gasteiger partial charge in [-0.1, -0.05) is 0 Å². The van der Waals surface area contributed by atoms with Crippen LogP contribution in [0.4, 0.5) is 0 Å². The van der Waals surface area contributed by atoms with Crippen LogP contribution in [0.3, 0.4) is 0 Å². The van der Waals surface area contributed by atoms with Gasteiger partial charge in [0.2, 0.25) is 0 Å². The van der Waals surface area contributed by atoms with Crippen LogP contribution in [0, 0.1) is 11.3 Å². The van der Waals surface area contributed by atoms with Gasteiger partial charge in [-0.25, -0.2) is 4.79 Å². The summed E-state index contributed by atoms with van der Waals surface area (Å²) < 4.78 is 9.13. The van der Waals surface area contributed by atoms with E-state index >= 15 is 0 Å². The van der Waals surface area contributed by atoms with Crippen LogP contribution in [-0.2, 0) is 19.1 Å². The first-order chi connectivity index (χ1) is 6.70. The van der Waals surface area contributed by atoms with Gasteiger partial charge in [0.05, 0.1) is 12.7 Å². The van der Waals surface area contributed by atoms with Crippen molar-refractivity contribution in [3.8, 4) is 6.07 Å². The predicted molar refractivity (Wildman–Crippen MR) is 47.0 cm³/mol. The summed E-state index contributed by atoms with van der Waals surface area (Å²) in [5.74, 6) is -1.09. The molecule has 5 nitrogen and oxygen atoms in total. The van der Waals surface area contributed by atoms with E-state index in [9.17, 15) is 9.59 Å². The molecule has 0 aliphatic carbocycles. The summed E-state index contributed by atoms with van der Waals surface area (Å²) in [5, 5.41) is 8.11. The van der Waals surface area contributed by atoms with Crippen LogP contribution in [-0.4, -0.2) is 25.2 Å². The first-order valence-electron chi connectivity index (χ1n) is 4.06. The van der Waals surface area contributed by atoms with Crippen molar-refractivity contribution in [3.05, 3.63) is 12.2 Å². The fourth-order valence-corrected chi connectivity index (χ4v) is 0.591. The summed E-state index contributed by atoms with van der Waals surface area (Å²) in [4.78, 5) is 21.3. The summed E-state index contributed by atoms with van der Waals surface area (Å²) in [6, 6.07) is 1.65. The Balaban J connectivity index is 3.58. The molecule has 0 fully saturated rings. The van der Waals surface area contributed by atoms with Gasteiger partial charge in [-0.3, -0.25) is 4.79 Å². The molecule has 14 heavy (non-hydrogen) atoms. The number of ether oxygens (including phenoxy) is 2. The van der Waals surface area contributed by atoms with Crippen LogP contribution >= 0.6 is 0 Å². The van der Waals surface area contributed by atoms with E-state index in [1.54, 1.807) is 13.0 Å². The highest BCUT2D eigenvalue weighted by Crippen LogP contribution is 1.86. The molecule has 5 heteroatoms. The van der Waals surface area contributed by atoms with E-state index in [4.69, 9.17) is 5.26 Å². The highest BCUT2D eigenvalue weighted by atomic mass is 16.5. The molecule has 0 N–H and O–H groups in total. The van der Waals surface area contributed by atoms with Gasteiger partial charge in [0.25, 0.3) is 0 Å². The van der Waals surface area contributed by atoms with Crippen LogP contribution in [0.2, 0.25) is 0 Å². The van der Waals surface area contributed by atoms with Crippen molar-refractivity contribution in [2.24, 2.45) is 0 Å². The van der Waals surface area contributed by atoms with Crippen LogP contribution in [0.1, 0.15) is 13.3 Å². The Kier molecular flexibility index (Phi) is 6.78. The molecule has 76 valence electrons. The number of hydrogen-bond acceptors (Lipinski definition) is 5. The van der Waals surface area contributed by atoms with E-state index in [0.717, 1.165) is 0 Å². The molecule has 0 saturated carbocycles. The molecule has 0 unspecified atom stereocenters. The van der Waals surface area contributed by atoms with Crippen molar-refractivity contribution in [3.63, 3.8) is 0 Å². The second-order valence-corrected chi connectivity index (χ2v) is 2.17. The molecule has 0 aliphatic heterocycles. The maximum atomic E-state index is 10.7. The molecule has 0 aromatic carbocycles. The molecule has 0 heterocycles. The lowest BCUT2D eigenvalue weighted by molar-refractivity contribution is -0.141. The normalized spacial score (nSPS) is 9.43. The highest BCUT2D eigenvalue weighted by Gasteiger charge is 1.98. The largest absolute Gasteiger partial charge is 0.463 e. The minimum Gasteiger partial charge on any atom is -0.463 e. The van der Waals surface area contributed by atoms with Crippen molar-refractivity contribution in [2.75, 3.05) is 13.2 Å². The van der Waals surface area contributed by atoms with Crippen LogP contribution < -0.4 is 0 Å². The van der Waals surface area contributed by atoms with E-state index in [0.29, 0.717) is 6.61 Å². The average molecular weight is 197 g/mol. The fourth-order valence-electron chi connectivity index (χ4n) is 0.591. The number of carbonyl (C=O) groups is 2. The van der Waals surface area contributed by atoms with Crippen molar-refractivity contribution < 1.29 is 19.1 Å². The number of nitriles is 1. The maximum absolute atomic E-state index is 10.7. The Labute approximate surface area is 81.9 Å². The molecule has 0 spiro atoms. The lowest BCUT2D eigenvalue weighted by atomic mass is 10.5. The molecular weight excluding hydrogens is 186 g/mol. The van der Waals surface area contributed by atoms with Crippen molar-refractivity contribution in [1.82, 2.24) is 0 Å². The molecule has 0 bridgehead atoms. The Morgan fingerprint density at radius 3 is 2.71 bits per heavy atom. The molecule has 0 amide bonds. The van der Waals surface area contributed by atoms with E-state index < -0.39 is 11.9 Å². The van der Waals surface area contributed by atoms with Crippen molar-refractivity contribution >= 4 is 11.9 Å². The SMILES string of the molecule is CCOC(=O)C=CCOC(=O)CC#N. The second kappa shape index (κ2) is 7.80. The number of carbonyl (C=O) groups excluding carboxylic acids is 2. The van der Waals surface area contributed by atoms with Gasteiger partial charge < -0.3 is 9.47 Å². The van der Waals surface area contributed by atoms with Crippen molar-refractivity contribution in [1.29, 1.82) is 5.26 Å². The summed E-state index contributed by atoms with van der Waals surface area (Å²) >= 11 is 0. The van der Waals surface area contributed by atoms with Gasteiger partial charge in [0, 0.05) is 6.08 Å². The van der Waals surface area contributed by atoms with E-state index in [1.165, 1.54) is 12.2 Å². The Bertz CT molecular complexity index is 264. The van der Waals surface area contributed by atoms with Crippen molar-refractivity contribution in [2.45, 2.75) is 13.3 Å². The van der Waals surface area contributed by atoms with E-state index in [2.05, 4.69) is 9.47 Å². The second-order valence-electron chi connectivity index (χ2n) is 2.17. The third-order valence-corrected chi connectivity index (χ3v) is 1.10. The number of esters is 2. The van der Waals surface area contributed by atoms with Gasteiger partial charge in [-0.05, 0) is 13.0 Å². The first kappa shape index (κ1) is 12.2. The third kappa shape index (κ3) is 6.85. The highest BCUT2D eigenvalue weighted by molar-refractivity contribution is 5.81. The van der Waals surface area contributed by atoms with Crippen LogP contribution in [0.15, 0.2) is 12.2 Å².